The number of fused-ring (bicyclic) bond motifs is 1. The van der Waals surface area contributed by atoms with Gasteiger partial charge in [0.15, 0.2) is 5.16 Å². The van der Waals surface area contributed by atoms with Crippen LogP contribution >= 0.6 is 11.8 Å². The molecule has 1 saturated heterocycles. The summed E-state index contributed by atoms with van der Waals surface area (Å²) in [5, 5.41) is 0.621. The highest BCUT2D eigenvalue weighted by Gasteiger charge is 2.30. The molecule has 1 aliphatic carbocycles. The van der Waals surface area contributed by atoms with Crippen LogP contribution in [0, 0.1) is 5.82 Å². The Morgan fingerprint density at radius 1 is 0.811 bits per heavy atom. The fourth-order valence-corrected chi connectivity index (χ4v) is 8.28. The molecule has 1 aliphatic heterocycles. The van der Waals surface area contributed by atoms with Gasteiger partial charge in [-0.1, -0.05) is 66.7 Å². The zero-order valence-corrected chi connectivity index (χ0v) is 30.7. The molecule has 0 atom stereocenters. The van der Waals surface area contributed by atoms with Crippen LogP contribution in [0.4, 0.5) is 17.6 Å². The number of benzene rings is 3. The molecule has 0 bridgehead atoms. The first-order chi connectivity index (χ1) is 25.6. The number of likely N-dealkylation sites (tertiary alicyclic amines) is 1. The number of halogens is 4. The monoisotopic (exact) mass is 744 g/mol. The Morgan fingerprint density at radius 3 is 2.19 bits per heavy atom. The summed E-state index contributed by atoms with van der Waals surface area (Å²) < 4.78 is 57.4. The Hall–Kier alpha value is -4.26. The average molecular weight is 745 g/mol. The molecule has 0 radical (unpaired) electrons. The third kappa shape index (κ3) is 9.10. The first-order valence-corrected chi connectivity index (χ1v) is 19.3. The van der Waals surface area contributed by atoms with Crippen molar-refractivity contribution >= 4 is 11.8 Å². The van der Waals surface area contributed by atoms with Crippen LogP contribution < -0.4 is 5.56 Å². The van der Waals surface area contributed by atoms with Crippen LogP contribution in [0.3, 0.4) is 0 Å². The predicted molar refractivity (Wildman–Crippen MR) is 200 cm³/mol. The molecule has 3 heterocycles. The van der Waals surface area contributed by atoms with Crippen LogP contribution in [0.5, 0.6) is 0 Å². The molecule has 0 spiro atoms. The van der Waals surface area contributed by atoms with E-state index < -0.39 is 11.7 Å². The molecule has 1 fully saturated rings. The lowest BCUT2D eigenvalue weighted by molar-refractivity contribution is -0.137. The molecule has 3 aromatic carbocycles. The third-order valence-electron chi connectivity index (χ3n) is 10.3. The van der Waals surface area contributed by atoms with Gasteiger partial charge in [0.2, 0.25) is 0 Å². The van der Waals surface area contributed by atoms with Crippen molar-refractivity contribution in [3.05, 3.63) is 135 Å². The van der Waals surface area contributed by atoms with Gasteiger partial charge in [-0.2, -0.15) is 18.2 Å². The minimum Gasteiger partial charge on any atom is -0.325 e. The van der Waals surface area contributed by atoms with E-state index in [9.17, 15) is 22.4 Å². The standard InChI is InChI=1S/C41H44F4N6OS/c1-48(22-23-49-20-3-2-4-21-49)26-35-24-46-38(50(35)25-29-8-12-31(13-9-29)32-14-16-33(17-15-32)41(43,44)45)27-51-37-7-5-6-36(37)39(52)47-40(51)53-28-30-10-18-34(42)19-11-30/h8-19,24H,2-7,20-23,25-28H2,1H3. The largest absolute Gasteiger partial charge is 0.416 e. The summed E-state index contributed by atoms with van der Waals surface area (Å²) in [5.74, 6) is 1.10. The van der Waals surface area contributed by atoms with Crippen LogP contribution in [0.25, 0.3) is 11.1 Å². The highest BCUT2D eigenvalue weighted by atomic mass is 32.2. The van der Waals surface area contributed by atoms with E-state index >= 15 is 0 Å². The molecule has 0 amide bonds. The minimum atomic E-state index is -4.38. The summed E-state index contributed by atoms with van der Waals surface area (Å²) in [6, 6.07) is 19.6. The van der Waals surface area contributed by atoms with Crippen molar-refractivity contribution < 1.29 is 17.6 Å². The quantitative estimate of drug-likeness (QED) is 0.0691. The summed E-state index contributed by atoms with van der Waals surface area (Å²) in [6.07, 6.45) is 3.77. The molecule has 0 saturated carbocycles. The number of piperidine rings is 1. The van der Waals surface area contributed by atoms with Crippen LogP contribution in [0.15, 0.2) is 88.9 Å². The second kappa shape index (κ2) is 16.4. The number of rotatable bonds is 13. The molecule has 278 valence electrons. The van der Waals surface area contributed by atoms with E-state index in [-0.39, 0.29) is 11.4 Å². The van der Waals surface area contributed by atoms with Gasteiger partial charge < -0.3 is 14.0 Å². The molecule has 0 N–H and O–H groups in total. The van der Waals surface area contributed by atoms with Crippen molar-refractivity contribution in [1.29, 1.82) is 0 Å². The maximum atomic E-state index is 13.6. The molecular weight excluding hydrogens is 701 g/mol. The van der Waals surface area contributed by atoms with Crippen LogP contribution in [-0.2, 0) is 44.4 Å². The Balaban J connectivity index is 1.17. The van der Waals surface area contributed by atoms with E-state index in [0.29, 0.717) is 42.5 Å². The van der Waals surface area contributed by atoms with Crippen LogP contribution in [-0.4, -0.2) is 62.1 Å². The van der Waals surface area contributed by atoms with Gasteiger partial charge in [0.25, 0.3) is 5.56 Å². The van der Waals surface area contributed by atoms with E-state index in [1.807, 2.05) is 30.5 Å². The van der Waals surface area contributed by atoms with Crippen molar-refractivity contribution in [3.8, 4) is 11.1 Å². The Labute approximate surface area is 311 Å². The molecule has 0 unspecified atom stereocenters. The number of alkyl halides is 3. The Bertz CT molecular complexity index is 2050. The van der Waals surface area contributed by atoms with Gasteiger partial charge in [-0.15, -0.1) is 0 Å². The van der Waals surface area contributed by atoms with Crippen LogP contribution in [0.2, 0.25) is 0 Å². The van der Waals surface area contributed by atoms with E-state index in [0.717, 1.165) is 90.6 Å². The van der Waals surface area contributed by atoms with Crippen molar-refractivity contribution in [3.63, 3.8) is 0 Å². The first-order valence-electron chi connectivity index (χ1n) is 18.3. The zero-order valence-electron chi connectivity index (χ0n) is 29.9. The van der Waals surface area contributed by atoms with E-state index in [1.54, 1.807) is 12.1 Å². The zero-order chi connectivity index (χ0) is 37.0. The summed E-state index contributed by atoms with van der Waals surface area (Å²) >= 11 is 1.47. The number of likely N-dealkylation sites (N-methyl/N-ethyl adjacent to an activating group) is 1. The lowest BCUT2D eigenvalue weighted by Crippen LogP contribution is -2.36. The van der Waals surface area contributed by atoms with E-state index in [4.69, 9.17) is 4.98 Å². The maximum absolute atomic E-state index is 13.6. The lowest BCUT2D eigenvalue weighted by atomic mass is 10.0. The van der Waals surface area contributed by atoms with Gasteiger partial charge in [-0.25, -0.2) is 9.37 Å². The number of hydrogen-bond acceptors (Lipinski definition) is 6. The summed E-state index contributed by atoms with van der Waals surface area (Å²) in [4.78, 5) is 27.5. The molecule has 5 aromatic rings. The van der Waals surface area contributed by atoms with Gasteiger partial charge >= 0.3 is 6.18 Å². The number of hydrogen-bond donors (Lipinski definition) is 0. The van der Waals surface area contributed by atoms with E-state index in [2.05, 4.69) is 31.0 Å². The molecule has 2 aromatic heterocycles. The highest BCUT2D eigenvalue weighted by molar-refractivity contribution is 7.98. The van der Waals surface area contributed by atoms with Crippen LogP contribution in [0.1, 0.15) is 65.1 Å². The lowest BCUT2D eigenvalue weighted by Gasteiger charge is -2.28. The summed E-state index contributed by atoms with van der Waals surface area (Å²) in [5.41, 5.74) is 5.52. The third-order valence-corrected chi connectivity index (χ3v) is 11.4. The van der Waals surface area contributed by atoms with Gasteiger partial charge in [-0.3, -0.25) is 9.69 Å². The predicted octanol–water partition coefficient (Wildman–Crippen LogP) is 8.06. The SMILES string of the molecule is CN(CCN1CCCCC1)Cc1cnc(Cn2c(SCc3ccc(F)cc3)nc(=O)c3c2CCC3)n1Cc1ccc(-c2ccc(C(F)(F)F)cc2)cc1. The molecule has 12 heteroatoms. The van der Waals surface area contributed by atoms with Crippen molar-refractivity contribution in [1.82, 2.24) is 28.9 Å². The fourth-order valence-electron chi connectivity index (χ4n) is 7.32. The van der Waals surface area contributed by atoms with E-state index in [1.165, 1.54) is 55.3 Å². The Kier molecular flexibility index (Phi) is 11.5. The van der Waals surface area contributed by atoms with Gasteiger partial charge in [0.1, 0.15) is 11.6 Å². The second-order valence-electron chi connectivity index (χ2n) is 14.1. The minimum absolute atomic E-state index is 0.178. The second-order valence-corrected chi connectivity index (χ2v) is 15.1. The fraction of sp³-hybridized carbons (Fsp3) is 0.390. The molecule has 7 rings (SSSR count). The van der Waals surface area contributed by atoms with Crippen molar-refractivity contribution in [2.75, 3.05) is 33.2 Å². The number of imidazole rings is 1. The molecule has 2 aliphatic rings. The van der Waals surface area contributed by atoms with Gasteiger partial charge in [-0.05, 0) is 98.8 Å². The van der Waals surface area contributed by atoms with Crippen molar-refractivity contribution in [2.24, 2.45) is 0 Å². The molecule has 53 heavy (non-hydrogen) atoms. The highest BCUT2D eigenvalue weighted by Crippen LogP contribution is 2.32. The average Bonchev–Trinajstić information content (AvgIpc) is 3.80. The van der Waals surface area contributed by atoms with Gasteiger partial charge in [0, 0.05) is 49.4 Å². The normalized spacial score (nSPS) is 15.0. The maximum Gasteiger partial charge on any atom is 0.416 e. The topological polar surface area (TPSA) is 59.2 Å². The first kappa shape index (κ1) is 37.1. The number of nitrogens with zero attached hydrogens (tertiary/aromatic N) is 6. The number of thioether (sulfide) groups is 1. The van der Waals surface area contributed by atoms with Gasteiger partial charge in [0.05, 0.1) is 17.8 Å². The van der Waals surface area contributed by atoms with Crippen molar-refractivity contribution in [2.45, 2.75) is 75.2 Å². The number of aromatic nitrogens is 4. The smallest absolute Gasteiger partial charge is 0.325 e. The summed E-state index contributed by atoms with van der Waals surface area (Å²) in [7, 11) is 2.14. The molecular formula is C41H44F4N6OS. The Morgan fingerprint density at radius 2 is 1.49 bits per heavy atom. The summed E-state index contributed by atoms with van der Waals surface area (Å²) in [6.45, 7) is 5.94. The molecule has 7 nitrogen and oxygen atoms in total.